The lowest BCUT2D eigenvalue weighted by atomic mass is 10.1. The Morgan fingerprint density at radius 2 is 1.76 bits per heavy atom. The van der Waals surface area contributed by atoms with Crippen LogP contribution in [0.15, 0.2) is 12.3 Å². The van der Waals surface area contributed by atoms with E-state index in [0.717, 1.165) is 25.9 Å². The standard InChI is InChI=1S/C16H27N3O2/c1-11(2)5-7-19(8-6-12(3)4)15-9-13(16(20)21)14(17)10-18-15/h9-12H,5-8,17H2,1-4H3,(H,20,21). The number of pyridine rings is 1. The molecule has 0 aromatic carbocycles. The number of carboxylic acid groups (broad SMARTS) is 1. The molecule has 0 amide bonds. The number of nitrogen functional groups attached to an aromatic ring is 1. The lowest BCUT2D eigenvalue weighted by molar-refractivity contribution is 0.0698. The minimum atomic E-state index is -1.01. The molecule has 0 saturated carbocycles. The fourth-order valence-electron chi connectivity index (χ4n) is 1.98. The lowest BCUT2D eigenvalue weighted by Gasteiger charge is -2.26. The van der Waals surface area contributed by atoms with Crippen molar-refractivity contribution in [3.05, 3.63) is 17.8 Å². The maximum absolute atomic E-state index is 11.2. The van der Waals surface area contributed by atoms with E-state index < -0.39 is 5.97 Å². The number of aromatic carboxylic acids is 1. The fourth-order valence-corrected chi connectivity index (χ4v) is 1.98. The van der Waals surface area contributed by atoms with Crippen LogP contribution < -0.4 is 10.6 Å². The zero-order chi connectivity index (χ0) is 16.0. The van der Waals surface area contributed by atoms with Gasteiger partial charge in [-0.25, -0.2) is 9.78 Å². The van der Waals surface area contributed by atoms with Gasteiger partial charge < -0.3 is 15.7 Å². The normalized spacial score (nSPS) is 11.1. The average Bonchev–Trinajstić information content (AvgIpc) is 2.39. The molecular weight excluding hydrogens is 266 g/mol. The Hall–Kier alpha value is -1.78. The zero-order valence-corrected chi connectivity index (χ0v) is 13.5. The number of hydrogen-bond acceptors (Lipinski definition) is 4. The van der Waals surface area contributed by atoms with Gasteiger partial charge in [0.05, 0.1) is 17.4 Å². The van der Waals surface area contributed by atoms with Gasteiger partial charge in [-0.15, -0.1) is 0 Å². The van der Waals surface area contributed by atoms with Gasteiger partial charge in [0.2, 0.25) is 0 Å². The molecule has 0 radical (unpaired) electrons. The van der Waals surface area contributed by atoms with Crippen molar-refractivity contribution in [3.8, 4) is 0 Å². The molecule has 3 N–H and O–H groups in total. The highest BCUT2D eigenvalue weighted by atomic mass is 16.4. The number of rotatable bonds is 8. The second-order valence-electron chi connectivity index (χ2n) is 6.29. The van der Waals surface area contributed by atoms with E-state index in [9.17, 15) is 9.90 Å². The highest BCUT2D eigenvalue weighted by molar-refractivity contribution is 5.94. The van der Waals surface area contributed by atoms with Gasteiger partial charge in [0.15, 0.2) is 0 Å². The highest BCUT2D eigenvalue weighted by Gasteiger charge is 2.15. The van der Waals surface area contributed by atoms with Crippen LogP contribution in [0.3, 0.4) is 0 Å². The maximum atomic E-state index is 11.2. The molecule has 21 heavy (non-hydrogen) atoms. The molecule has 1 aromatic rings. The lowest BCUT2D eigenvalue weighted by Crippen LogP contribution is -2.28. The van der Waals surface area contributed by atoms with Gasteiger partial charge in [0.1, 0.15) is 5.82 Å². The second kappa shape index (κ2) is 7.86. The van der Waals surface area contributed by atoms with Crippen molar-refractivity contribution >= 4 is 17.5 Å². The quantitative estimate of drug-likeness (QED) is 0.769. The molecule has 0 aliphatic carbocycles. The Balaban J connectivity index is 2.95. The third kappa shape index (κ3) is 5.61. The van der Waals surface area contributed by atoms with Crippen molar-refractivity contribution in [2.75, 3.05) is 23.7 Å². The molecule has 0 aliphatic heterocycles. The van der Waals surface area contributed by atoms with E-state index in [1.807, 2.05) is 0 Å². The topological polar surface area (TPSA) is 79.5 Å². The molecule has 0 bridgehead atoms. The largest absolute Gasteiger partial charge is 0.478 e. The first kappa shape index (κ1) is 17.3. The summed E-state index contributed by atoms with van der Waals surface area (Å²) in [7, 11) is 0. The van der Waals surface area contributed by atoms with Gasteiger partial charge >= 0.3 is 5.97 Å². The van der Waals surface area contributed by atoms with Crippen LogP contribution in [0, 0.1) is 11.8 Å². The van der Waals surface area contributed by atoms with Crippen molar-refractivity contribution in [1.82, 2.24) is 4.98 Å². The molecule has 0 spiro atoms. The van der Waals surface area contributed by atoms with Crippen LogP contribution in [-0.4, -0.2) is 29.1 Å². The molecule has 118 valence electrons. The van der Waals surface area contributed by atoms with Crippen LogP contribution in [0.25, 0.3) is 0 Å². The van der Waals surface area contributed by atoms with Crippen LogP contribution in [0.2, 0.25) is 0 Å². The van der Waals surface area contributed by atoms with Crippen molar-refractivity contribution in [2.45, 2.75) is 40.5 Å². The minimum absolute atomic E-state index is 0.124. The van der Waals surface area contributed by atoms with E-state index >= 15 is 0 Å². The number of nitrogens with zero attached hydrogens (tertiary/aromatic N) is 2. The smallest absolute Gasteiger partial charge is 0.337 e. The summed E-state index contributed by atoms with van der Waals surface area (Å²) in [5.74, 6) is 0.880. The van der Waals surface area contributed by atoms with Gasteiger partial charge in [-0.2, -0.15) is 0 Å². The summed E-state index contributed by atoms with van der Waals surface area (Å²) in [5.41, 5.74) is 6.00. The monoisotopic (exact) mass is 293 g/mol. The summed E-state index contributed by atoms with van der Waals surface area (Å²) in [4.78, 5) is 17.7. The van der Waals surface area contributed by atoms with E-state index in [0.29, 0.717) is 17.7 Å². The fraction of sp³-hybridized carbons (Fsp3) is 0.625. The molecule has 1 rings (SSSR count). The van der Waals surface area contributed by atoms with E-state index in [1.54, 1.807) is 6.07 Å². The molecule has 0 aliphatic rings. The van der Waals surface area contributed by atoms with Crippen molar-refractivity contribution in [2.24, 2.45) is 11.8 Å². The Kier molecular flexibility index (Phi) is 6.46. The van der Waals surface area contributed by atoms with Crippen LogP contribution in [0.1, 0.15) is 50.9 Å². The summed E-state index contributed by atoms with van der Waals surface area (Å²) in [5, 5.41) is 9.18. The Bertz CT molecular complexity index is 461. The predicted octanol–water partition coefficient (Wildman–Crippen LogP) is 3.26. The minimum Gasteiger partial charge on any atom is -0.478 e. The number of carbonyl (C=O) groups is 1. The predicted molar refractivity (Wildman–Crippen MR) is 86.7 cm³/mol. The first-order valence-electron chi connectivity index (χ1n) is 7.55. The van der Waals surface area contributed by atoms with E-state index in [1.165, 1.54) is 6.20 Å². The highest BCUT2D eigenvalue weighted by Crippen LogP contribution is 2.20. The van der Waals surface area contributed by atoms with Gasteiger partial charge in [0.25, 0.3) is 0 Å². The van der Waals surface area contributed by atoms with E-state index in [4.69, 9.17) is 5.73 Å². The number of aromatic nitrogens is 1. The molecule has 5 nitrogen and oxygen atoms in total. The van der Waals surface area contributed by atoms with Crippen molar-refractivity contribution < 1.29 is 9.90 Å². The average molecular weight is 293 g/mol. The van der Waals surface area contributed by atoms with Gasteiger partial charge in [0, 0.05) is 13.1 Å². The SMILES string of the molecule is CC(C)CCN(CCC(C)C)c1cc(C(=O)O)c(N)cn1. The Morgan fingerprint density at radius 3 is 2.19 bits per heavy atom. The van der Waals surface area contributed by atoms with E-state index in [2.05, 4.69) is 37.6 Å². The van der Waals surface area contributed by atoms with E-state index in [-0.39, 0.29) is 11.3 Å². The van der Waals surface area contributed by atoms with Gasteiger partial charge in [-0.05, 0) is 30.7 Å². The van der Waals surface area contributed by atoms with Crippen molar-refractivity contribution in [3.63, 3.8) is 0 Å². The van der Waals surface area contributed by atoms with Gasteiger partial charge in [-0.1, -0.05) is 27.7 Å². The summed E-state index contributed by atoms with van der Waals surface area (Å²) in [6.45, 7) is 10.5. The third-order valence-corrected chi connectivity index (χ3v) is 3.43. The van der Waals surface area contributed by atoms with Crippen LogP contribution in [-0.2, 0) is 0 Å². The number of carboxylic acids is 1. The molecular formula is C16H27N3O2. The molecule has 5 heteroatoms. The molecule has 0 saturated heterocycles. The number of hydrogen-bond donors (Lipinski definition) is 2. The number of anilines is 2. The molecule has 0 fully saturated rings. The van der Waals surface area contributed by atoms with Gasteiger partial charge in [-0.3, -0.25) is 0 Å². The third-order valence-electron chi connectivity index (χ3n) is 3.43. The maximum Gasteiger partial charge on any atom is 0.337 e. The summed E-state index contributed by atoms with van der Waals surface area (Å²) < 4.78 is 0. The molecule has 1 heterocycles. The van der Waals surface area contributed by atoms with Crippen LogP contribution in [0.5, 0.6) is 0 Å². The van der Waals surface area contributed by atoms with Crippen LogP contribution in [0.4, 0.5) is 11.5 Å². The van der Waals surface area contributed by atoms with Crippen LogP contribution >= 0.6 is 0 Å². The zero-order valence-electron chi connectivity index (χ0n) is 13.5. The summed E-state index contributed by atoms with van der Waals surface area (Å²) >= 11 is 0. The Labute approximate surface area is 127 Å². The molecule has 0 atom stereocenters. The first-order valence-corrected chi connectivity index (χ1v) is 7.55. The number of nitrogens with two attached hydrogens (primary N) is 1. The molecule has 1 aromatic heterocycles. The molecule has 0 unspecified atom stereocenters. The second-order valence-corrected chi connectivity index (χ2v) is 6.29. The summed E-state index contributed by atoms with van der Waals surface area (Å²) in [6.07, 6.45) is 3.54. The summed E-state index contributed by atoms with van der Waals surface area (Å²) in [6, 6.07) is 1.58. The Morgan fingerprint density at radius 1 is 1.24 bits per heavy atom. The first-order chi connectivity index (χ1) is 9.81. The van der Waals surface area contributed by atoms with Crippen molar-refractivity contribution in [1.29, 1.82) is 0 Å².